The molecule has 0 aliphatic rings. The van der Waals surface area contributed by atoms with Gasteiger partial charge in [-0.3, -0.25) is 4.79 Å². The molecule has 0 spiro atoms. The molecule has 0 unspecified atom stereocenters. The second-order valence-corrected chi connectivity index (χ2v) is 5.33. The molecule has 0 heterocycles. The average molecular weight is 337 g/mol. The van der Waals surface area contributed by atoms with Crippen molar-refractivity contribution in [1.29, 1.82) is 0 Å². The van der Waals surface area contributed by atoms with Crippen molar-refractivity contribution >= 4 is 5.91 Å². The lowest BCUT2D eigenvalue weighted by Crippen LogP contribution is -2.31. The summed E-state index contributed by atoms with van der Waals surface area (Å²) in [5.74, 6) is 1.37. The number of amides is 1. The molecule has 2 rings (SSSR count). The van der Waals surface area contributed by atoms with Crippen molar-refractivity contribution in [3.05, 3.63) is 85.5 Å². The van der Waals surface area contributed by atoms with Gasteiger partial charge < -0.3 is 14.4 Å². The molecule has 0 atom stereocenters. The first kappa shape index (κ1) is 18.3. The van der Waals surface area contributed by atoms with Gasteiger partial charge in [-0.15, -0.1) is 13.2 Å². The molecule has 0 aromatic heterocycles. The van der Waals surface area contributed by atoms with Gasteiger partial charge in [0.05, 0.1) is 0 Å². The summed E-state index contributed by atoms with van der Waals surface area (Å²) in [5.41, 5.74) is 0.574. The molecule has 1 amide bonds. The molecule has 0 bridgehead atoms. The van der Waals surface area contributed by atoms with Crippen LogP contribution in [0.15, 0.2) is 79.9 Å². The third-order valence-electron chi connectivity index (χ3n) is 3.43. The first-order valence-corrected chi connectivity index (χ1v) is 8.16. The molecule has 0 aliphatic heterocycles. The predicted octanol–water partition coefficient (Wildman–Crippen LogP) is 3.96. The van der Waals surface area contributed by atoms with Gasteiger partial charge in [0.2, 0.25) is 0 Å². The van der Waals surface area contributed by atoms with E-state index in [0.717, 1.165) is 5.75 Å². The van der Waals surface area contributed by atoms with Crippen molar-refractivity contribution < 1.29 is 14.3 Å². The Balaban J connectivity index is 1.90. The number of nitrogens with zero attached hydrogens (tertiary/aromatic N) is 1. The topological polar surface area (TPSA) is 38.8 Å². The van der Waals surface area contributed by atoms with Gasteiger partial charge in [0.25, 0.3) is 5.91 Å². The maximum atomic E-state index is 12.5. The highest BCUT2D eigenvalue weighted by Gasteiger charge is 2.13. The second kappa shape index (κ2) is 9.98. The van der Waals surface area contributed by atoms with E-state index in [0.29, 0.717) is 37.6 Å². The van der Waals surface area contributed by atoms with Gasteiger partial charge in [-0.1, -0.05) is 36.4 Å². The van der Waals surface area contributed by atoms with Gasteiger partial charge in [0.15, 0.2) is 0 Å². The minimum Gasteiger partial charge on any atom is -0.490 e. The molecule has 0 saturated heterocycles. The van der Waals surface area contributed by atoms with Gasteiger partial charge >= 0.3 is 0 Å². The highest BCUT2D eigenvalue weighted by molar-refractivity contribution is 5.94. The Hall–Kier alpha value is -3.01. The van der Waals surface area contributed by atoms with E-state index in [9.17, 15) is 4.79 Å². The largest absolute Gasteiger partial charge is 0.490 e. The summed E-state index contributed by atoms with van der Waals surface area (Å²) in [4.78, 5) is 14.2. The first-order valence-electron chi connectivity index (χ1n) is 8.16. The molecule has 4 nitrogen and oxygen atoms in total. The lowest BCUT2D eigenvalue weighted by Gasteiger charge is -2.19. The van der Waals surface area contributed by atoms with Crippen LogP contribution in [-0.2, 0) is 0 Å². The van der Waals surface area contributed by atoms with Crippen molar-refractivity contribution in [2.24, 2.45) is 0 Å². The normalized spacial score (nSPS) is 9.92. The summed E-state index contributed by atoms with van der Waals surface area (Å²) in [6, 6.07) is 16.7. The highest BCUT2D eigenvalue weighted by Crippen LogP contribution is 2.15. The Bertz CT molecular complexity index is 687. The summed E-state index contributed by atoms with van der Waals surface area (Å²) < 4.78 is 11.3. The third-order valence-corrected chi connectivity index (χ3v) is 3.43. The third kappa shape index (κ3) is 5.84. The van der Waals surface area contributed by atoms with Crippen LogP contribution in [0, 0.1) is 0 Å². The molecule has 2 aromatic carbocycles. The van der Waals surface area contributed by atoms with E-state index >= 15 is 0 Å². The predicted molar refractivity (Wildman–Crippen MR) is 100 cm³/mol. The van der Waals surface area contributed by atoms with Crippen molar-refractivity contribution in [1.82, 2.24) is 4.90 Å². The van der Waals surface area contributed by atoms with Crippen LogP contribution in [0.3, 0.4) is 0 Å². The maximum Gasteiger partial charge on any atom is 0.254 e. The number of rotatable bonds is 10. The number of hydrogen-bond acceptors (Lipinski definition) is 3. The van der Waals surface area contributed by atoms with Crippen LogP contribution in [0.1, 0.15) is 10.4 Å². The van der Waals surface area contributed by atoms with Gasteiger partial charge in [-0.2, -0.15) is 0 Å². The fraction of sp³-hybridized carbons (Fsp3) is 0.190. The standard InChI is InChI=1S/C21H23NO3/c1-3-13-22(14-4-2)21(23)18-9-8-12-20(17-18)25-16-15-24-19-10-6-5-7-11-19/h3-12,17H,1-2,13-16H2. The zero-order chi connectivity index (χ0) is 17.9. The van der Waals surface area contributed by atoms with Gasteiger partial charge in [-0.05, 0) is 30.3 Å². The van der Waals surface area contributed by atoms with E-state index in [1.54, 1.807) is 35.3 Å². The van der Waals surface area contributed by atoms with Crippen LogP contribution in [0.4, 0.5) is 0 Å². The molecular weight excluding hydrogens is 314 g/mol. The average Bonchev–Trinajstić information content (AvgIpc) is 2.65. The quantitative estimate of drug-likeness (QED) is 0.486. The van der Waals surface area contributed by atoms with Crippen LogP contribution >= 0.6 is 0 Å². The second-order valence-electron chi connectivity index (χ2n) is 5.33. The summed E-state index contributed by atoms with van der Waals surface area (Å²) >= 11 is 0. The fourth-order valence-electron chi connectivity index (χ4n) is 2.29. The van der Waals surface area contributed by atoms with E-state index < -0.39 is 0 Å². The molecule has 2 aromatic rings. The van der Waals surface area contributed by atoms with Crippen LogP contribution in [0.5, 0.6) is 11.5 Å². The Morgan fingerprint density at radius 3 is 2.12 bits per heavy atom. The minimum absolute atomic E-state index is 0.0780. The van der Waals surface area contributed by atoms with Crippen LogP contribution < -0.4 is 9.47 Å². The molecule has 0 N–H and O–H groups in total. The van der Waals surface area contributed by atoms with Crippen molar-refractivity contribution in [2.45, 2.75) is 0 Å². The van der Waals surface area contributed by atoms with Crippen molar-refractivity contribution in [3.63, 3.8) is 0 Å². The zero-order valence-corrected chi connectivity index (χ0v) is 14.3. The lowest BCUT2D eigenvalue weighted by molar-refractivity contribution is 0.0790. The van der Waals surface area contributed by atoms with Crippen LogP contribution in [0.2, 0.25) is 0 Å². The number of carbonyl (C=O) groups excluding carboxylic acids is 1. The molecule has 130 valence electrons. The number of benzene rings is 2. The number of para-hydroxylation sites is 1. The van der Waals surface area contributed by atoms with Crippen LogP contribution in [-0.4, -0.2) is 37.1 Å². The van der Waals surface area contributed by atoms with Gasteiger partial charge in [-0.25, -0.2) is 0 Å². The monoisotopic (exact) mass is 337 g/mol. The Kier molecular flexibility index (Phi) is 7.32. The lowest BCUT2D eigenvalue weighted by atomic mass is 10.2. The van der Waals surface area contributed by atoms with Crippen molar-refractivity contribution in [3.8, 4) is 11.5 Å². The first-order chi connectivity index (χ1) is 12.2. The molecule has 0 fully saturated rings. The number of carbonyl (C=O) groups is 1. The Labute approximate surface area is 149 Å². The van der Waals surface area contributed by atoms with Crippen LogP contribution in [0.25, 0.3) is 0 Å². The zero-order valence-electron chi connectivity index (χ0n) is 14.3. The van der Waals surface area contributed by atoms with E-state index in [1.165, 1.54) is 0 Å². The molecule has 0 aliphatic carbocycles. The SMILES string of the molecule is C=CCN(CC=C)C(=O)c1cccc(OCCOc2ccccc2)c1. The maximum absolute atomic E-state index is 12.5. The molecular formula is C21H23NO3. The van der Waals surface area contributed by atoms with E-state index in [4.69, 9.17) is 9.47 Å². The van der Waals surface area contributed by atoms with Crippen molar-refractivity contribution in [2.75, 3.05) is 26.3 Å². The summed E-state index contributed by atoms with van der Waals surface area (Å²) in [7, 11) is 0. The fourth-order valence-corrected chi connectivity index (χ4v) is 2.29. The summed E-state index contributed by atoms with van der Waals surface area (Å²) in [6.07, 6.45) is 3.39. The number of ether oxygens (including phenoxy) is 2. The van der Waals surface area contributed by atoms with E-state index in [-0.39, 0.29) is 5.91 Å². The molecule has 25 heavy (non-hydrogen) atoms. The highest BCUT2D eigenvalue weighted by atomic mass is 16.5. The van der Waals surface area contributed by atoms with E-state index in [1.807, 2.05) is 36.4 Å². The summed E-state index contributed by atoms with van der Waals surface area (Å²) in [5, 5.41) is 0. The molecule has 0 radical (unpaired) electrons. The molecule has 0 saturated carbocycles. The Morgan fingerprint density at radius 2 is 1.48 bits per heavy atom. The Morgan fingerprint density at radius 1 is 0.880 bits per heavy atom. The molecule has 4 heteroatoms. The van der Waals surface area contributed by atoms with Gasteiger partial charge in [0, 0.05) is 18.7 Å². The van der Waals surface area contributed by atoms with Gasteiger partial charge in [0.1, 0.15) is 24.7 Å². The smallest absolute Gasteiger partial charge is 0.254 e. The van der Waals surface area contributed by atoms with E-state index in [2.05, 4.69) is 13.2 Å². The summed E-state index contributed by atoms with van der Waals surface area (Å²) in [6.45, 7) is 9.15. The number of hydrogen-bond donors (Lipinski definition) is 0. The minimum atomic E-state index is -0.0780.